The summed E-state index contributed by atoms with van der Waals surface area (Å²) in [5.74, 6) is 0.776. The SMILES string of the molecule is Cc1ccc(-c2cncc3[nH]c(-c4n[nH]c5ccc(-c6cncc(NC(=O)C7CCCC7)c6)nc45)nc23)s1. The molecule has 1 aliphatic carbocycles. The van der Waals surface area contributed by atoms with Crippen molar-refractivity contribution in [3.63, 3.8) is 0 Å². The van der Waals surface area contributed by atoms with Gasteiger partial charge in [-0.15, -0.1) is 11.3 Å². The van der Waals surface area contributed by atoms with Crippen molar-refractivity contribution in [2.45, 2.75) is 32.6 Å². The summed E-state index contributed by atoms with van der Waals surface area (Å²) in [6.45, 7) is 2.09. The lowest BCUT2D eigenvalue weighted by Gasteiger charge is -2.11. The predicted molar refractivity (Wildman–Crippen MR) is 149 cm³/mol. The topological polar surface area (TPSA) is 125 Å². The molecule has 0 radical (unpaired) electrons. The van der Waals surface area contributed by atoms with Crippen molar-refractivity contribution in [3.8, 4) is 33.2 Å². The minimum atomic E-state index is 0.0680. The van der Waals surface area contributed by atoms with Gasteiger partial charge in [-0.25, -0.2) is 9.97 Å². The quantitative estimate of drug-likeness (QED) is 0.251. The summed E-state index contributed by atoms with van der Waals surface area (Å²) in [5.41, 5.74) is 7.02. The van der Waals surface area contributed by atoms with Crippen molar-refractivity contribution in [1.82, 2.24) is 35.1 Å². The van der Waals surface area contributed by atoms with E-state index in [4.69, 9.17) is 9.97 Å². The number of thiophene rings is 1. The molecule has 0 spiro atoms. The van der Waals surface area contributed by atoms with Crippen LogP contribution in [-0.2, 0) is 4.79 Å². The molecule has 6 aromatic heterocycles. The summed E-state index contributed by atoms with van der Waals surface area (Å²) in [6.07, 6.45) is 11.2. The number of carbonyl (C=O) groups excluding carboxylic acids is 1. The van der Waals surface area contributed by atoms with E-state index >= 15 is 0 Å². The zero-order valence-electron chi connectivity index (χ0n) is 20.7. The molecule has 0 unspecified atom stereocenters. The number of fused-ring (bicyclic) bond motifs is 2. The van der Waals surface area contributed by atoms with Gasteiger partial charge in [-0.05, 0) is 50.1 Å². The largest absolute Gasteiger partial charge is 0.335 e. The molecular formula is C28H24N8OS. The molecule has 1 fully saturated rings. The molecule has 1 amide bonds. The number of hydrogen-bond acceptors (Lipinski definition) is 7. The number of anilines is 1. The van der Waals surface area contributed by atoms with Gasteiger partial charge in [-0.1, -0.05) is 12.8 Å². The second-order valence-corrected chi connectivity index (χ2v) is 11.0. The molecule has 10 heteroatoms. The van der Waals surface area contributed by atoms with E-state index in [1.807, 2.05) is 24.4 Å². The molecule has 7 rings (SSSR count). The maximum absolute atomic E-state index is 12.6. The van der Waals surface area contributed by atoms with Crippen LogP contribution in [0.3, 0.4) is 0 Å². The van der Waals surface area contributed by atoms with Crippen LogP contribution in [0.15, 0.2) is 55.1 Å². The maximum Gasteiger partial charge on any atom is 0.227 e. The lowest BCUT2D eigenvalue weighted by atomic mass is 10.1. The number of H-pyrrole nitrogens is 2. The van der Waals surface area contributed by atoms with Crippen LogP contribution in [0, 0.1) is 12.8 Å². The predicted octanol–water partition coefficient (Wildman–Crippen LogP) is 6.12. The van der Waals surface area contributed by atoms with Crippen LogP contribution in [0.1, 0.15) is 30.6 Å². The van der Waals surface area contributed by atoms with E-state index in [0.29, 0.717) is 22.7 Å². The van der Waals surface area contributed by atoms with E-state index in [1.54, 1.807) is 29.9 Å². The van der Waals surface area contributed by atoms with Crippen LogP contribution in [0.5, 0.6) is 0 Å². The van der Waals surface area contributed by atoms with Gasteiger partial charge in [0.1, 0.15) is 11.0 Å². The highest BCUT2D eigenvalue weighted by molar-refractivity contribution is 7.15. The van der Waals surface area contributed by atoms with Crippen molar-refractivity contribution < 1.29 is 4.79 Å². The first-order chi connectivity index (χ1) is 18.6. The Labute approximate surface area is 221 Å². The van der Waals surface area contributed by atoms with E-state index in [9.17, 15) is 4.79 Å². The third kappa shape index (κ3) is 4.03. The summed E-state index contributed by atoms with van der Waals surface area (Å²) in [5, 5.41) is 10.6. The first kappa shape index (κ1) is 22.7. The average molecular weight is 521 g/mol. The fourth-order valence-electron chi connectivity index (χ4n) is 5.11. The molecule has 0 aliphatic heterocycles. The Morgan fingerprint density at radius 2 is 1.84 bits per heavy atom. The zero-order chi connectivity index (χ0) is 25.6. The van der Waals surface area contributed by atoms with E-state index in [-0.39, 0.29) is 11.8 Å². The Hall–Kier alpha value is -4.44. The molecule has 0 aromatic carbocycles. The summed E-state index contributed by atoms with van der Waals surface area (Å²) in [6, 6.07) is 9.98. The Morgan fingerprint density at radius 3 is 2.68 bits per heavy atom. The molecule has 1 saturated carbocycles. The Balaban J connectivity index is 1.24. The number of amides is 1. The molecule has 0 saturated heterocycles. The molecule has 1 aliphatic rings. The Bertz CT molecular complexity index is 1810. The molecular weight excluding hydrogens is 496 g/mol. The van der Waals surface area contributed by atoms with Gasteiger partial charge in [-0.2, -0.15) is 5.10 Å². The van der Waals surface area contributed by atoms with Crippen LogP contribution in [0.25, 0.3) is 55.3 Å². The van der Waals surface area contributed by atoms with Crippen molar-refractivity contribution in [2.24, 2.45) is 5.92 Å². The summed E-state index contributed by atoms with van der Waals surface area (Å²) in [7, 11) is 0. The van der Waals surface area contributed by atoms with Crippen molar-refractivity contribution in [1.29, 1.82) is 0 Å². The van der Waals surface area contributed by atoms with Crippen LogP contribution < -0.4 is 5.32 Å². The lowest BCUT2D eigenvalue weighted by Crippen LogP contribution is -2.20. The minimum Gasteiger partial charge on any atom is -0.335 e. The summed E-state index contributed by atoms with van der Waals surface area (Å²) in [4.78, 5) is 36.9. The number of hydrogen-bond donors (Lipinski definition) is 3. The highest BCUT2D eigenvalue weighted by Crippen LogP contribution is 2.34. The number of nitrogens with zero attached hydrogens (tertiary/aromatic N) is 5. The number of nitrogens with one attached hydrogen (secondary N) is 3. The fourth-order valence-corrected chi connectivity index (χ4v) is 5.99. The van der Waals surface area contributed by atoms with Gasteiger partial charge >= 0.3 is 0 Å². The van der Waals surface area contributed by atoms with Gasteiger partial charge in [0.25, 0.3) is 0 Å². The molecule has 6 aromatic rings. The zero-order valence-corrected chi connectivity index (χ0v) is 21.5. The Kier molecular flexibility index (Phi) is 5.47. The van der Waals surface area contributed by atoms with Crippen molar-refractivity contribution in [3.05, 3.63) is 60.0 Å². The third-order valence-corrected chi connectivity index (χ3v) is 8.09. The lowest BCUT2D eigenvalue weighted by molar-refractivity contribution is -0.119. The molecule has 38 heavy (non-hydrogen) atoms. The second kappa shape index (κ2) is 9.14. The number of imidazole rings is 1. The van der Waals surface area contributed by atoms with E-state index in [0.717, 1.165) is 63.9 Å². The number of aromatic amines is 2. The normalized spacial score (nSPS) is 14.0. The maximum atomic E-state index is 12.6. The number of aromatic nitrogens is 7. The minimum absolute atomic E-state index is 0.0680. The molecule has 3 N–H and O–H groups in total. The Morgan fingerprint density at radius 1 is 0.974 bits per heavy atom. The number of carbonyl (C=O) groups is 1. The molecule has 0 atom stereocenters. The fraction of sp³-hybridized carbons (Fsp3) is 0.214. The van der Waals surface area contributed by atoms with Gasteiger partial charge in [-0.3, -0.25) is 19.9 Å². The molecule has 188 valence electrons. The van der Waals surface area contributed by atoms with Crippen LogP contribution in [0.4, 0.5) is 5.69 Å². The number of rotatable bonds is 5. The van der Waals surface area contributed by atoms with E-state index in [2.05, 4.69) is 49.5 Å². The smallest absolute Gasteiger partial charge is 0.227 e. The van der Waals surface area contributed by atoms with Crippen LogP contribution >= 0.6 is 11.3 Å². The molecule has 9 nitrogen and oxygen atoms in total. The van der Waals surface area contributed by atoms with Gasteiger partial charge < -0.3 is 10.3 Å². The average Bonchev–Trinajstić information content (AvgIpc) is 3.74. The van der Waals surface area contributed by atoms with Crippen LogP contribution in [0.2, 0.25) is 0 Å². The van der Waals surface area contributed by atoms with E-state index in [1.165, 1.54) is 4.88 Å². The number of aryl methyl sites for hydroxylation is 1. The standard InChI is InChI=1S/C28H24N8OS/c1-15-6-9-23(38-15)19-13-30-14-22-24(19)34-27(33-22)26-25-21(35-36-26)8-7-20(32-25)17-10-18(12-29-11-17)31-28(37)16-4-2-3-5-16/h6-14,16H,2-5H2,1H3,(H,31,37)(H,33,34)(H,35,36). The van der Waals surface area contributed by atoms with Gasteiger partial charge in [0.15, 0.2) is 11.5 Å². The number of pyridine rings is 3. The highest BCUT2D eigenvalue weighted by Gasteiger charge is 2.23. The second-order valence-electron chi connectivity index (χ2n) is 9.68. The van der Waals surface area contributed by atoms with Crippen molar-refractivity contribution in [2.75, 3.05) is 5.32 Å². The first-order valence-electron chi connectivity index (χ1n) is 12.6. The molecule has 6 heterocycles. The highest BCUT2D eigenvalue weighted by atomic mass is 32.1. The molecule has 0 bridgehead atoms. The summed E-state index contributed by atoms with van der Waals surface area (Å²) < 4.78 is 0. The van der Waals surface area contributed by atoms with Crippen molar-refractivity contribution >= 4 is 45.0 Å². The summed E-state index contributed by atoms with van der Waals surface area (Å²) >= 11 is 1.72. The monoisotopic (exact) mass is 520 g/mol. The first-order valence-corrected chi connectivity index (χ1v) is 13.5. The van der Waals surface area contributed by atoms with Crippen LogP contribution in [-0.4, -0.2) is 41.0 Å². The van der Waals surface area contributed by atoms with Gasteiger partial charge in [0.2, 0.25) is 5.91 Å². The van der Waals surface area contributed by atoms with Gasteiger partial charge in [0.05, 0.1) is 34.8 Å². The van der Waals surface area contributed by atoms with E-state index < -0.39 is 0 Å². The third-order valence-electron chi connectivity index (χ3n) is 7.06. The van der Waals surface area contributed by atoms with Gasteiger partial charge in [0, 0.05) is 39.2 Å².